The molecule has 3 rings (SSSR count). The van der Waals surface area contributed by atoms with Gasteiger partial charge in [0, 0.05) is 17.7 Å². The highest BCUT2D eigenvalue weighted by molar-refractivity contribution is 5.89. The Morgan fingerprint density at radius 1 is 1.26 bits per heavy atom. The van der Waals surface area contributed by atoms with Crippen molar-refractivity contribution in [3.63, 3.8) is 0 Å². The Hall–Kier alpha value is -2.93. The minimum atomic E-state index is -0.622. The van der Waals surface area contributed by atoms with E-state index in [4.69, 9.17) is 9.47 Å². The summed E-state index contributed by atoms with van der Waals surface area (Å²) < 4.78 is 12.6. The molecule has 0 saturated carbocycles. The fourth-order valence-electron chi connectivity index (χ4n) is 3.00. The van der Waals surface area contributed by atoms with Gasteiger partial charge in [0.15, 0.2) is 0 Å². The van der Waals surface area contributed by atoms with E-state index in [9.17, 15) is 14.4 Å². The van der Waals surface area contributed by atoms with E-state index in [1.54, 1.807) is 19.1 Å². The first kappa shape index (κ1) is 18.8. The van der Waals surface area contributed by atoms with Gasteiger partial charge in [-0.2, -0.15) is 0 Å². The van der Waals surface area contributed by atoms with Crippen LogP contribution in [0.3, 0.4) is 0 Å². The van der Waals surface area contributed by atoms with Gasteiger partial charge in [0.1, 0.15) is 18.9 Å². The van der Waals surface area contributed by atoms with Crippen molar-refractivity contribution in [3.05, 3.63) is 80.1 Å². The average molecular weight is 370 g/mol. The number of hydrogen-bond acceptors (Lipinski definition) is 5. The zero-order valence-corrected chi connectivity index (χ0v) is 15.5. The summed E-state index contributed by atoms with van der Waals surface area (Å²) in [5.74, 6) is -0.629. The maximum atomic E-state index is 12.2. The lowest BCUT2D eigenvalue weighted by molar-refractivity contribution is -0.0379. The maximum Gasteiger partial charge on any atom is 0.338 e. The van der Waals surface area contributed by atoms with Crippen LogP contribution < -0.4 is 11.2 Å². The Morgan fingerprint density at radius 3 is 2.59 bits per heavy atom. The number of aromatic nitrogens is 2. The molecular weight excluding hydrogens is 348 g/mol. The van der Waals surface area contributed by atoms with Gasteiger partial charge in [0.05, 0.1) is 5.56 Å². The second-order valence-electron chi connectivity index (χ2n) is 6.82. The van der Waals surface area contributed by atoms with Crippen LogP contribution in [-0.4, -0.2) is 28.2 Å². The maximum absolute atomic E-state index is 12.2. The molecule has 1 aromatic carbocycles. The summed E-state index contributed by atoms with van der Waals surface area (Å²) in [5.41, 5.74) is 1.67. The number of hydrogen-bond donors (Lipinski definition) is 1. The molecular formula is C20H22N2O5. The molecule has 27 heavy (non-hydrogen) atoms. The van der Waals surface area contributed by atoms with Crippen LogP contribution in [0.5, 0.6) is 0 Å². The number of aryl methyl sites for hydroxylation is 2. The molecule has 2 aromatic rings. The standard InChI is InChI=1S/C20H22N2O5/c1-11-5-7-15(8-6-11)19(24)26-10-16-13(3)14(4)18(27-16)22-9-12(2)17(23)21-20(22)25/h5-9,14,16,18H,3,10H2,1-2,4H3,(H,21,23,25)/t14-,16-,18-/m1/s1. The Labute approximate surface area is 156 Å². The zero-order valence-electron chi connectivity index (χ0n) is 15.5. The number of ether oxygens (including phenoxy) is 2. The smallest absolute Gasteiger partial charge is 0.338 e. The number of nitrogens with one attached hydrogen (secondary N) is 1. The normalized spacial score (nSPS) is 22.0. The quantitative estimate of drug-likeness (QED) is 0.657. The SMILES string of the molecule is C=C1[C@@H](C)[C@H](n2cc(C)c(=O)[nH]c2=O)O[C@@H]1COC(=O)c1ccc(C)cc1. The van der Waals surface area contributed by atoms with Gasteiger partial charge in [-0.3, -0.25) is 14.3 Å². The molecule has 7 heteroatoms. The third-order valence-corrected chi connectivity index (χ3v) is 4.80. The van der Waals surface area contributed by atoms with Crippen LogP contribution >= 0.6 is 0 Å². The monoisotopic (exact) mass is 370 g/mol. The fraction of sp³-hybridized carbons (Fsp3) is 0.350. The number of H-pyrrole nitrogens is 1. The minimum absolute atomic E-state index is 0.00344. The van der Waals surface area contributed by atoms with E-state index in [0.29, 0.717) is 11.1 Å². The molecule has 0 amide bonds. The van der Waals surface area contributed by atoms with E-state index in [1.807, 2.05) is 26.0 Å². The highest BCUT2D eigenvalue weighted by Crippen LogP contribution is 2.37. The lowest BCUT2D eigenvalue weighted by atomic mass is 10.00. The van der Waals surface area contributed by atoms with Crippen LogP contribution in [0.25, 0.3) is 0 Å². The van der Waals surface area contributed by atoms with Gasteiger partial charge in [-0.05, 0) is 31.6 Å². The minimum Gasteiger partial charge on any atom is -0.459 e. The van der Waals surface area contributed by atoms with Crippen LogP contribution in [0.2, 0.25) is 0 Å². The second-order valence-corrected chi connectivity index (χ2v) is 6.82. The molecule has 7 nitrogen and oxygen atoms in total. The molecule has 1 aliphatic heterocycles. The average Bonchev–Trinajstić information content (AvgIpc) is 2.91. The second kappa shape index (κ2) is 7.36. The van der Waals surface area contributed by atoms with Crippen LogP contribution in [0.1, 0.15) is 34.6 Å². The molecule has 0 spiro atoms. The summed E-state index contributed by atoms with van der Waals surface area (Å²) in [6.45, 7) is 9.45. The van der Waals surface area contributed by atoms with Crippen molar-refractivity contribution in [1.29, 1.82) is 0 Å². The molecule has 2 heterocycles. The first-order valence-electron chi connectivity index (χ1n) is 8.68. The van der Waals surface area contributed by atoms with Gasteiger partial charge in [0.2, 0.25) is 0 Å². The van der Waals surface area contributed by atoms with E-state index in [-0.39, 0.29) is 12.5 Å². The lowest BCUT2D eigenvalue weighted by Crippen LogP contribution is -2.35. The van der Waals surface area contributed by atoms with Crippen molar-refractivity contribution in [2.24, 2.45) is 5.92 Å². The van der Waals surface area contributed by atoms with E-state index >= 15 is 0 Å². The van der Waals surface area contributed by atoms with Gasteiger partial charge in [-0.25, -0.2) is 9.59 Å². The lowest BCUT2D eigenvalue weighted by Gasteiger charge is -2.18. The van der Waals surface area contributed by atoms with Crippen LogP contribution in [0, 0.1) is 19.8 Å². The molecule has 3 atom stereocenters. The molecule has 0 unspecified atom stereocenters. The summed E-state index contributed by atoms with van der Waals surface area (Å²) in [6, 6.07) is 7.08. The van der Waals surface area contributed by atoms with E-state index < -0.39 is 29.6 Å². The molecule has 1 saturated heterocycles. The first-order chi connectivity index (χ1) is 12.8. The number of carbonyl (C=O) groups is 1. The predicted octanol–water partition coefficient (Wildman–Crippen LogP) is 2.10. The summed E-state index contributed by atoms with van der Waals surface area (Å²) in [5, 5.41) is 0. The molecule has 0 radical (unpaired) electrons. The summed E-state index contributed by atoms with van der Waals surface area (Å²) >= 11 is 0. The highest BCUT2D eigenvalue weighted by atomic mass is 16.6. The number of rotatable bonds is 4. The Kier molecular flexibility index (Phi) is 5.14. The molecule has 0 aliphatic carbocycles. The first-order valence-corrected chi connectivity index (χ1v) is 8.68. The van der Waals surface area contributed by atoms with Crippen molar-refractivity contribution >= 4 is 5.97 Å². The van der Waals surface area contributed by atoms with Gasteiger partial charge in [-0.1, -0.05) is 31.2 Å². The molecule has 1 N–H and O–H groups in total. The van der Waals surface area contributed by atoms with E-state index in [1.165, 1.54) is 10.8 Å². The van der Waals surface area contributed by atoms with Gasteiger partial charge < -0.3 is 9.47 Å². The Balaban J connectivity index is 1.72. The Morgan fingerprint density at radius 2 is 1.93 bits per heavy atom. The van der Waals surface area contributed by atoms with E-state index in [2.05, 4.69) is 11.6 Å². The highest BCUT2D eigenvalue weighted by Gasteiger charge is 2.38. The van der Waals surface area contributed by atoms with Crippen molar-refractivity contribution in [2.75, 3.05) is 6.61 Å². The zero-order chi connectivity index (χ0) is 19.7. The fourth-order valence-corrected chi connectivity index (χ4v) is 3.00. The molecule has 1 aromatic heterocycles. The Bertz CT molecular complexity index is 987. The summed E-state index contributed by atoms with van der Waals surface area (Å²) in [7, 11) is 0. The van der Waals surface area contributed by atoms with Gasteiger partial charge in [0.25, 0.3) is 5.56 Å². The van der Waals surface area contributed by atoms with E-state index in [0.717, 1.165) is 11.1 Å². The summed E-state index contributed by atoms with van der Waals surface area (Å²) in [4.78, 5) is 38.1. The predicted molar refractivity (Wildman–Crippen MR) is 99.7 cm³/mol. The molecule has 142 valence electrons. The number of benzene rings is 1. The van der Waals surface area contributed by atoms with Crippen LogP contribution in [0.15, 0.2) is 52.2 Å². The summed E-state index contributed by atoms with van der Waals surface area (Å²) in [6.07, 6.45) is 0.318. The van der Waals surface area contributed by atoms with Crippen LogP contribution in [0.4, 0.5) is 0 Å². The van der Waals surface area contributed by atoms with Crippen molar-refractivity contribution in [1.82, 2.24) is 9.55 Å². The number of nitrogens with zero attached hydrogens (tertiary/aromatic N) is 1. The number of carbonyl (C=O) groups excluding carboxylic acids is 1. The molecule has 0 bridgehead atoms. The third-order valence-electron chi connectivity index (χ3n) is 4.80. The molecule has 1 fully saturated rings. The van der Waals surface area contributed by atoms with Crippen molar-refractivity contribution in [2.45, 2.75) is 33.1 Å². The van der Waals surface area contributed by atoms with Crippen molar-refractivity contribution in [3.8, 4) is 0 Å². The van der Waals surface area contributed by atoms with Crippen LogP contribution in [-0.2, 0) is 9.47 Å². The van der Waals surface area contributed by atoms with Crippen molar-refractivity contribution < 1.29 is 14.3 Å². The number of aromatic amines is 1. The largest absolute Gasteiger partial charge is 0.459 e. The topological polar surface area (TPSA) is 90.4 Å². The third kappa shape index (κ3) is 3.78. The molecule has 1 aliphatic rings. The number of esters is 1. The van der Waals surface area contributed by atoms with Gasteiger partial charge >= 0.3 is 11.7 Å². The van der Waals surface area contributed by atoms with Gasteiger partial charge in [-0.15, -0.1) is 0 Å².